The van der Waals surface area contributed by atoms with Crippen LogP contribution in [0.15, 0.2) is 68.4 Å². The van der Waals surface area contributed by atoms with Gasteiger partial charge in [-0.25, -0.2) is 9.78 Å². The maximum atomic E-state index is 11.6. The summed E-state index contributed by atoms with van der Waals surface area (Å²) in [5, 5.41) is 1.19. The van der Waals surface area contributed by atoms with Crippen LogP contribution < -0.4 is 10.4 Å². The summed E-state index contributed by atoms with van der Waals surface area (Å²) in [6.45, 7) is 1.93. The number of ether oxygens (including phenoxy) is 1. The van der Waals surface area contributed by atoms with Gasteiger partial charge in [0.05, 0.1) is 11.2 Å². The van der Waals surface area contributed by atoms with Crippen LogP contribution >= 0.6 is 11.6 Å². The number of nitrogens with zero attached hydrogens (tertiary/aromatic N) is 1. The lowest BCUT2D eigenvalue weighted by atomic mass is 10.1. The molecule has 2 aromatic carbocycles. The lowest BCUT2D eigenvalue weighted by Gasteiger charge is -2.08. The number of rotatable bonds is 4. The van der Waals surface area contributed by atoms with Crippen molar-refractivity contribution < 1.29 is 13.6 Å². The minimum atomic E-state index is -0.413. The number of oxazole rings is 1. The second-order valence-electron chi connectivity index (χ2n) is 5.80. The summed E-state index contributed by atoms with van der Waals surface area (Å²) in [6, 6.07) is 14.4. The first-order valence-electron chi connectivity index (χ1n) is 7.97. The molecule has 4 aromatic rings. The summed E-state index contributed by atoms with van der Waals surface area (Å²) in [7, 11) is 0. The van der Waals surface area contributed by atoms with E-state index in [0.717, 1.165) is 16.5 Å². The first-order chi connectivity index (χ1) is 12.6. The highest BCUT2D eigenvalue weighted by Crippen LogP contribution is 2.31. The normalized spacial score (nSPS) is 11.0. The van der Waals surface area contributed by atoms with Gasteiger partial charge in [-0.1, -0.05) is 41.9 Å². The van der Waals surface area contributed by atoms with Gasteiger partial charge in [0, 0.05) is 23.1 Å². The highest BCUT2D eigenvalue weighted by molar-refractivity contribution is 6.32. The molecule has 0 fully saturated rings. The zero-order valence-corrected chi connectivity index (χ0v) is 14.6. The molecule has 26 heavy (non-hydrogen) atoms. The van der Waals surface area contributed by atoms with Crippen LogP contribution in [-0.2, 0) is 6.61 Å². The molecule has 0 unspecified atom stereocenters. The van der Waals surface area contributed by atoms with Crippen molar-refractivity contribution in [3.63, 3.8) is 0 Å². The first-order valence-corrected chi connectivity index (χ1v) is 8.35. The van der Waals surface area contributed by atoms with Crippen molar-refractivity contribution in [1.82, 2.24) is 4.98 Å². The van der Waals surface area contributed by atoms with E-state index in [4.69, 9.17) is 25.2 Å². The molecule has 0 aliphatic heterocycles. The topological polar surface area (TPSA) is 65.5 Å². The summed E-state index contributed by atoms with van der Waals surface area (Å²) in [5.41, 5.74) is 1.74. The molecule has 0 amide bonds. The molecule has 0 spiro atoms. The van der Waals surface area contributed by atoms with Crippen LogP contribution in [0.5, 0.6) is 5.75 Å². The van der Waals surface area contributed by atoms with Crippen molar-refractivity contribution in [2.24, 2.45) is 0 Å². The predicted molar refractivity (Wildman–Crippen MR) is 98.5 cm³/mol. The molecular formula is C20H14ClNO4. The smallest absolute Gasteiger partial charge is 0.336 e. The number of aromatic nitrogens is 1. The molecule has 130 valence electrons. The van der Waals surface area contributed by atoms with Gasteiger partial charge in [0.25, 0.3) is 0 Å². The van der Waals surface area contributed by atoms with Crippen molar-refractivity contribution in [2.45, 2.75) is 13.5 Å². The Morgan fingerprint density at radius 2 is 1.92 bits per heavy atom. The average Bonchev–Trinajstić information content (AvgIpc) is 3.10. The van der Waals surface area contributed by atoms with Gasteiger partial charge in [0.15, 0.2) is 12.4 Å². The van der Waals surface area contributed by atoms with Crippen molar-refractivity contribution in [3.05, 3.63) is 81.6 Å². The van der Waals surface area contributed by atoms with Gasteiger partial charge in [0.2, 0.25) is 5.89 Å². The van der Waals surface area contributed by atoms with Crippen molar-refractivity contribution in [1.29, 1.82) is 0 Å². The number of aryl methyl sites for hydroxylation is 1. The summed E-state index contributed by atoms with van der Waals surface area (Å²) >= 11 is 6.29. The minimum Gasteiger partial charge on any atom is -0.482 e. The molecule has 0 N–H and O–H groups in total. The fourth-order valence-corrected chi connectivity index (χ4v) is 2.90. The Hall–Kier alpha value is -3.05. The fraction of sp³-hybridized carbons (Fsp3) is 0.100. The van der Waals surface area contributed by atoms with E-state index in [1.807, 2.05) is 37.3 Å². The zero-order valence-electron chi connectivity index (χ0n) is 13.9. The quantitative estimate of drug-likeness (QED) is 0.475. The van der Waals surface area contributed by atoms with Crippen LogP contribution in [0.2, 0.25) is 5.02 Å². The molecule has 2 heterocycles. The van der Waals surface area contributed by atoms with Gasteiger partial charge >= 0.3 is 5.63 Å². The van der Waals surface area contributed by atoms with Gasteiger partial charge in [-0.3, -0.25) is 0 Å². The molecule has 0 aliphatic rings. The Kier molecular flexibility index (Phi) is 4.22. The summed E-state index contributed by atoms with van der Waals surface area (Å²) < 4.78 is 16.6. The summed E-state index contributed by atoms with van der Waals surface area (Å²) in [4.78, 5) is 15.8. The molecule has 0 atom stereocenters. The Bertz CT molecular complexity index is 1130. The number of fused-ring (bicyclic) bond motifs is 1. The van der Waals surface area contributed by atoms with Crippen LogP contribution in [0.25, 0.3) is 22.3 Å². The average molecular weight is 368 g/mol. The third-order valence-corrected chi connectivity index (χ3v) is 4.26. The van der Waals surface area contributed by atoms with Gasteiger partial charge in [-0.2, -0.15) is 0 Å². The summed E-state index contributed by atoms with van der Waals surface area (Å²) in [6.07, 6.45) is 1.65. The van der Waals surface area contributed by atoms with Gasteiger partial charge in [-0.15, -0.1) is 0 Å². The van der Waals surface area contributed by atoms with Gasteiger partial charge in [-0.05, 0) is 18.6 Å². The van der Waals surface area contributed by atoms with E-state index in [-0.39, 0.29) is 6.61 Å². The third kappa shape index (κ3) is 3.21. The molecule has 0 saturated carbocycles. The Morgan fingerprint density at radius 3 is 2.73 bits per heavy atom. The van der Waals surface area contributed by atoms with Crippen molar-refractivity contribution in [3.8, 4) is 17.1 Å². The number of benzene rings is 2. The highest BCUT2D eigenvalue weighted by Gasteiger charge is 2.11. The SMILES string of the molecule is Cc1cc(=O)oc2cc(OCc3ncc(-c4ccccc4)o3)c(Cl)cc12. The van der Waals surface area contributed by atoms with E-state index in [9.17, 15) is 4.79 Å². The van der Waals surface area contributed by atoms with Crippen LogP contribution in [0.1, 0.15) is 11.5 Å². The number of hydrogen-bond donors (Lipinski definition) is 0. The number of hydrogen-bond acceptors (Lipinski definition) is 5. The van der Waals surface area contributed by atoms with Crippen molar-refractivity contribution in [2.75, 3.05) is 0 Å². The predicted octanol–water partition coefficient (Wildman–Crippen LogP) is 4.99. The zero-order chi connectivity index (χ0) is 18.1. The van der Waals surface area contributed by atoms with Crippen LogP contribution in [-0.4, -0.2) is 4.98 Å². The van der Waals surface area contributed by atoms with Gasteiger partial charge in [0.1, 0.15) is 11.3 Å². The van der Waals surface area contributed by atoms with E-state index in [2.05, 4.69) is 4.98 Å². The van der Waals surface area contributed by atoms with E-state index < -0.39 is 5.63 Å². The minimum absolute atomic E-state index is 0.105. The van der Waals surface area contributed by atoms with Crippen LogP contribution in [0, 0.1) is 6.92 Å². The van der Waals surface area contributed by atoms with Gasteiger partial charge < -0.3 is 13.6 Å². The molecule has 0 aliphatic carbocycles. The Morgan fingerprint density at radius 1 is 1.12 bits per heavy atom. The van der Waals surface area contributed by atoms with E-state index in [0.29, 0.717) is 28.0 Å². The monoisotopic (exact) mass is 367 g/mol. The molecule has 0 saturated heterocycles. The standard InChI is InChI=1S/C20H14ClNO4/c1-12-7-20(23)26-16-9-17(15(21)8-14(12)16)24-11-19-22-10-18(25-19)13-5-3-2-4-6-13/h2-10H,11H2,1H3. The maximum Gasteiger partial charge on any atom is 0.336 e. The summed E-state index contributed by atoms with van der Waals surface area (Å²) in [5.74, 6) is 1.48. The Labute approximate surface area is 153 Å². The molecule has 0 radical (unpaired) electrons. The lowest BCUT2D eigenvalue weighted by molar-refractivity contribution is 0.265. The first kappa shape index (κ1) is 16.4. The number of halogens is 1. The van der Waals surface area contributed by atoms with Crippen LogP contribution in [0.4, 0.5) is 0 Å². The van der Waals surface area contributed by atoms with E-state index in [1.165, 1.54) is 6.07 Å². The molecule has 0 bridgehead atoms. The molecule has 2 aromatic heterocycles. The van der Waals surface area contributed by atoms with E-state index in [1.54, 1.807) is 18.3 Å². The van der Waals surface area contributed by atoms with E-state index >= 15 is 0 Å². The Balaban J connectivity index is 1.57. The van der Waals surface area contributed by atoms with Crippen molar-refractivity contribution >= 4 is 22.6 Å². The van der Waals surface area contributed by atoms with Crippen LogP contribution in [0.3, 0.4) is 0 Å². The molecule has 5 nitrogen and oxygen atoms in total. The molecular weight excluding hydrogens is 354 g/mol. The fourth-order valence-electron chi connectivity index (χ4n) is 2.68. The second kappa shape index (κ2) is 6.69. The maximum absolute atomic E-state index is 11.6. The molecule has 6 heteroatoms. The molecule has 4 rings (SSSR count). The third-order valence-electron chi connectivity index (χ3n) is 3.97. The highest BCUT2D eigenvalue weighted by atomic mass is 35.5. The second-order valence-corrected chi connectivity index (χ2v) is 6.21. The largest absolute Gasteiger partial charge is 0.482 e. The lowest BCUT2D eigenvalue weighted by Crippen LogP contribution is -2.00.